The van der Waals surface area contributed by atoms with Crippen LogP contribution in [0.4, 0.5) is 0 Å². The molecule has 0 saturated heterocycles. The number of aryl methyl sites for hydroxylation is 1. The molecule has 0 unspecified atom stereocenters. The zero-order valence-electron chi connectivity index (χ0n) is 15.2. The van der Waals surface area contributed by atoms with Gasteiger partial charge >= 0.3 is 0 Å². The van der Waals surface area contributed by atoms with Crippen molar-refractivity contribution < 1.29 is 19.1 Å². The summed E-state index contributed by atoms with van der Waals surface area (Å²) in [5, 5.41) is 0. The van der Waals surface area contributed by atoms with Gasteiger partial charge in [0, 0.05) is 18.9 Å². The van der Waals surface area contributed by atoms with E-state index >= 15 is 0 Å². The number of benzene rings is 1. The number of carbonyl (C=O) groups excluding carboxylic acids is 2. The van der Waals surface area contributed by atoms with Gasteiger partial charge in [-0.3, -0.25) is 9.59 Å². The third kappa shape index (κ3) is 2.39. The number of allylic oxidation sites excluding steroid dienone is 2. The smallest absolute Gasteiger partial charge is 0.180 e. The maximum atomic E-state index is 13.1. The van der Waals surface area contributed by atoms with E-state index in [4.69, 9.17) is 9.47 Å². The van der Waals surface area contributed by atoms with Crippen LogP contribution >= 0.6 is 0 Å². The summed E-state index contributed by atoms with van der Waals surface area (Å²) in [4.78, 5) is 26.0. The molecule has 25 heavy (non-hydrogen) atoms. The maximum absolute atomic E-state index is 13.1. The Morgan fingerprint density at radius 1 is 1.28 bits per heavy atom. The van der Waals surface area contributed by atoms with E-state index in [1.807, 2.05) is 32.0 Å². The molecule has 1 fully saturated rings. The lowest BCUT2D eigenvalue weighted by Gasteiger charge is -2.30. The van der Waals surface area contributed by atoms with Crippen molar-refractivity contribution in [3.05, 3.63) is 53.6 Å². The number of hydrogen-bond acceptors (Lipinski definition) is 4. The number of fused-ring (bicyclic) bond motifs is 2. The average Bonchev–Trinajstić information content (AvgIpc) is 2.76. The van der Waals surface area contributed by atoms with Crippen molar-refractivity contribution in [3.63, 3.8) is 0 Å². The van der Waals surface area contributed by atoms with Crippen LogP contribution in [0.1, 0.15) is 30.4 Å². The Kier molecular flexibility index (Phi) is 4.41. The number of hydrogen-bond donors (Lipinski definition) is 0. The van der Waals surface area contributed by atoms with Crippen LogP contribution in [0.5, 0.6) is 5.75 Å². The van der Waals surface area contributed by atoms with Crippen molar-refractivity contribution in [3.8, 4) is 5.75 Å². The number of rotatable bonds is 5. The topological polar surface area (TPSA) is 52.6 Å². The molecule has 0 amide bonds. The molecule has 0 spiro atoms. The van der Waals surface area contributed by atoms with Crippen LogP contribution in [0.25, 0.3) is 0 Å². The highest BCUT2D eigenvalue weighted by atomic mass is 16.5. The summed E-state index contributed by atoms with van der Waals surface area (Å²) >= 11 is 0. The monoisotopic (exact) mass is 340 g/mol. The van der Waals surface area contributed by atoms with Crippen molar-refractivity contribution in [2.75, 3.05) is 14.2 Å². The summed E-state index contributed by atoms with van der Waals surface area (Å²) in [5.41, 5.74) is 1.54. The first-order valence-corrected chi connectivity index (χ1v) is 8.52. The Morgan fingerprint density at radius 3 is 2.60 bits per heavy atom. The van der Waals surface area contributed by atoms with Gasteiger partial charge in [-0.25, -0.2) is 0 Å². The first-order chi connectivity index (χ1) is 11.9. The lowest BCUT2D eigenvalue weighted by Crippen LogP contribution is -2.45. The van der Waals surface area contributed by atoms with Gasteiger partial charge in [0.05, 0.1) is 13.0 Å². The van der Waals surface area contributed by atoms with Gasteiger partial charge in [-0.1, -0.05) is 25.1 Å². The fraction of sp³-hybridized carbons (Fsp3) is 0.429. The molecule has 3 rings (SSSR count). The van der Waals surface area contributed by atoms with Crippen LogP contribution in [0.15, 0.2) is 42.5 Å². The second-order valence-electron chi connectivity index (χ2n) is 6.91. The summed E-state index contributed by atoms with van der Waals surface area (Å²) < 4.78 is 11.1. The molecule has 1 aromatic rings. The van der Waals surface area contributed by atoms with E-state index < -0.39 is 11.5 Å². The van der Waals surface area contributed by atoms with E-state index in [1.165, 1.54) is 0 Å². The molecule has 0 aromatic heterocycles. The van der Waals surface area contributed by atoms with Crippen molar-refractivity contribution in [1.29, 1.82) is 0 Å². The molecule has 1 aromatic carbocycles. The molecular weight excluding hydrogens is 316 g/mol. The first kappa shape index (κ1) is 17.6. The number of carbonyl (C=O) groups is 2. The normalized spacial score (nSPS) is 31.0. The lowest BCUT2D eigenvalue weighted by atomic mass is 9.79. The predicted molar refractivity (Wildman–Crippen MR) is 95.8 cm³/mol. The van der Waals surface area contributed by atoms with E-state index in [0.717, 1.165) is 16.9 Å². The summed E-state index contributed by atoms with van der Waals surface area (Å²) in [5.74, 6) is -0.558. The maximum Gasteiger partial charge on any atom is 0.180 e. The summed E-state index contributed by atoms with van der Waals surface area (Å²) in [6.45, 7) is 7.67. The molecular formula is C21H24O4. The fourth-order valence-corrected chi connectivity index (χ4v) is 4.39. The van der Waals surface area contributed by atoms with Crippen molar-refractivity contribution >= 4 is 11.6 Å². The summed E-state index contributed by atoms with van der Waals surface area (Å²) in [6, 6.07) is 5.89. The minimum atomic E-state index is -1.04. The molecule has 0 aliphatic heterocycles. The van der Waals surface area contributed by atoms with Gasteiger partial charge in [0.25, 0.3) is 0 Å². The largest absolute Gasteiger partial charge is 0.496 e. The van der Waals surface area contributed by atoms with E-state index in [1.54, 1.807) is 26.4 Å². The third-order valence-corrected chi connectivity index (χ3v) is 5.75. The molecule has 0 N–H and O–H groups in total. The van der Waals surface area contributed by atoms with Crippen LogP contribution in [0.3, 0.4) is 0 Å². The van der Waals surface area contributed by atoms with Crippen LogP contribution in [-0.4, -0.2) is 31.4 Å². The van der Waals surface area contributed by atoms with E-state index in [2.05, 4.69) is 6.58 Å². The zero-order valence-corrected chi connectivity index (χ0v) is 15.2. The standard InChI is InChI=1S/C21H24O4/c1-6-7-15-11-21(25-5)13(3)17(18(19(15)22)20(21)23)14-9-8-12(2)16(10-14)24-4/h6,8-11,13,17-18H,1,7H2,2-5H3/t13-,17+,18-,21+/m1/s1. The molecule has 4 heteroatoms. The highest BCUT2D eigenvalue weighted by Gasteiger charge is 2.63. The van der Waals surface area contributed by atoms with Crippen LogP contribution in [-0.2, 0) is 14.3 Å². The van der Waals surface area contributed by atoms with Crippen LogP contribution in [0.2, 0.25) is 0 Å². The number of methoxy groups -OCH3 is 2. The molecule has 4 nitrogen and oxygen atoms in total. The Morgan fingerprint density at radius 2 is 2.00 bits per heavy atom. The van der Waals surface area contributed by atoms with Gasteiger partial charge in [-0.05, 0) is 42.2 Å². The van der Waals surface area contributed by atoms with Gasteiger partial charge in [0.1, 0.15) is 11.4 Å². The van der Waals surface area contributed by atoms with Gasteiger partial charge in [-0.2, -0.15) is 0 Å². The third-order valence-electron chi connectivity index (χ3n) is 5.75. The van der Waals surface area contributed by atoms with Gasteiger partial charge in [0.15, 0.2) is 11.6 Å². The van der Waals surface area contributed by atoms with Crippen molar-refractivity contribution in [1.82, 2.24) is 0 Å². The molecule has 2 bridgehead atoms. The highest BCUT2D eigenvalue weighted by Crippen LogP contribution is 2.54. The number of Topliss-reactive ketones (excluding diaryl/α,β-unsaturated/α-hetero) is 2. The van der Waals surface area contributed by atoms with Crippen molar-refractivity contribution in [2.24, 2.45) is 11.8 Å². The second kappa shape index (κ2) is 6.26. The van der Waals surface area contributed by atoms with Crippen molar-refractivity contribution in [2.45, 2.75) is 31.8 Å². The van der Waals surface area contributed by atoms with Gasteiger partial charge < -0.3 is 9.47 Å². The molecule has 2 aliphatic rings. The molecule has 0 radical (unpaired) electrons. The SMILES string of the molecule is C=CCC1=C[C@@]2(OC)C(=O)[C@@H](C1=O)[C@H](c1ccc(C)c(OC)c1)[C@H]2C. The molecule has 0 heterocycles. The Hall–Kier alpha value is -2.20. The summed E-state index contributed by atoms with van der Waals surface area (Å²) in [6.07, 6.45) is 3.87. The average molecular weight is 340 g/mol. The fourth-order valence-electron chi connectivity index (χ4n) is 4.39. The van der Waals surface area contributed by atoms with Gasteiger partial charge in [0.2, 0.25) is 0 Å². The minimum absolute atomic E-state index is 0.105. The minimum Gasteiger partial charge on any atom is -0.496 e. The highest BCUT2D eigenvalue weighted by molar-refractivity contribution is 6.19. The molecule has 2 aliphatic carbocycles. The Balaban J connectivity index is 2.14. The second-order valence-corrected chi connectivity index (χ2v) is 6.91. The Bertz CT molecular complexity index is 776. The molecule has 1 saturated carbocycles. The zero-order chi connectivity index (χ0) is 18.4. The van der Waals surface area contributed by atoms with Crippen LogP contribution < -0.4 is 4.74 Å². The quantitative estimate of drug-likeness (QED) is 0.609. The predicted octanol–water partition coefficient (Wildman–Crippen LogP) is 3.39. The number of ether oxygens (including phenoxy) is 2. The molecule has 4 atom stereocenters. The van der Waals surface area contributed by atoms with E-state index in [9.17, 15) is 9.59 Å². The summed E-state index contributed by atoms with van der Waals surface area (Å²) in [7, 11) is 3.17. The number of ketones is 2. The molecule has 132 valence electrons. The van der Waals surface area contributed by atoms with E-state index in [0.29, 0.717) is 12.0 Å². The lowest BCUT2D eigenvalue weighted by molar-refractivity contribution is -0.141. The van der Waals surface area contributed by atoms with Gasteiger partial charge in [-0.15, -0.1) is 6.58 Å². The van der Waals surface area contributed by atoms with Crippen LogP contribution in [0, 0.1) is 18.8 Å². The first-order valence-electron chi connectivity index (χ1n) is 8.52. The van der Waals surface area contributed by atoms with E-state index in [-0.39, 0.29) is 23.4 Å². The Labute approximate surface area is 148 Å².